The third-order valence-electron chi connectivity index (χ3n) is 5.01. The molecule has 3 rings (SSSR count). The van der Waals surface area contributed by atoms with Crippen molar-refractivity contribution in [3.8, 4) is 0 Å². The van der Waals surface area contributed by atoms with Crippen LogP contribution in [0.3, 0.4) is 0 Å². The number of esters is 1. The molecule has 0 aromatic heterocycles. The van der Waals surface area contributed by atoms with E-state index >= 15 is 0 Å². The molecule has 0 spiro atoms. The van der Waals surface area contributed by atoms with Crippen molar-refractivity contribution in [2.75, 3.05) is 6.61 Å². The molecule has 0 radical (unpaired) electrons. The quantitative estimate of drug-likeness (QED) is 0.865. The van der Waals surface area contributed by atoms with E-state index in [1.807, 2.05) is 25.1 Å². The first-order chi connectivity index (χ1) is 10.3. The van der Waals surface area contributed by atoms with E-state index in [9.17, 15) is 4.79 Å². The van der Waals surface area contributed by atoms with Crippen molar-refractivity contribution in [3.05, 3.63) is 35.9 Å². The molecule has 1 aromatic rings. The maximum atomic E-state index is 12.4. The molecule has 1 aromatic carbocycles. The Bertz CT molecular complexity index is 473. The van der Waals surface area contributed by atoms with Crippen molar-refractivity contribution < 1.29 is 9.53 Å². The number of fused-ring (bicyclic) bond motifs is 1. The molecule has 3 nitrogen and oxygen atoms in total. The first-order valence-corrected chi connectivity index (χ1v) is 8.27. The third-order valence-corrected chi connectivity index (χ3v) is 5.01. The zero-order valence-corrected chi connectivity index (χ0v) is 12.8. The zero-order chi connectivity index (χ0) is 14.7. The molecule has 1 aliphatic heterocycles. The lowest BCUT2D eigenvalue weighted by molar-refractivity contribution is -0.151. The molecule has 1 heterocycles. The van der Waals surface area contributed by atoms with Crippen LogP contribution in [0.5, 0.6) is 0 Å². The Morgan fingerprint density at radius 3 is 2.76 bits per heavy atom. The Morgan fingerprint density at radius 1 is 1.24 bits per heavy atom. The van der Waals surface area contributed by atoms with Gasteiger partial charge in [0.25, 0.3) is 0 Å². The fraction of sp³-hybridized carbons (Fsp3) is 0.611. The minimum atomic E-state index is -0.0494. The van der Waals surface area contributed by atoms with Gasteiger partial charge in [-0.3, -0.25) is 4.79 Å². The predicted octanol–water partition coefficient (Wildman–Crippen LogP) is 3.46. The summed E-state index contributed by atoms with van der Waals surface area (Å²) in [5.41, 5.74) is 1.21. The van der Waals surface area contributed by atoms with Crippen LogP contribution in [0.15, 0.2) is 30.3 Å². The van der Waals surface area contributed by atoms with Gasteiger partial charge in [-0.15, -0.1) is 0 Å². The normalized spacial score (nSPS) is 32.2. The molecular weight excluding hydrogens is 262 g/mol. The van der Waals surface area contributed by atoms with Crippen LogP contribution in [0.4, 0.5) is 0 Å². The van der Waals surface area contributed by atoms with Crippen molar-refractivity contribution in [1.29, 1.82) is 0 Å². The fourth-order valence-electron chi connectivity index (χ4n) is 3.99. The van der Waals surface area contributed by atoms with Crippen molar-refractivity contribution in [1.82, 2.24) is 5.32 Å². The molecule has 1 aliphatic carbocycles. The molecule has 0 bridgehead atoms. The Balaban J connectivity index is 1.84. The summed E-state index contributed by atoms with van der Waals surface area (Å²) >= 11 is 0. The minimum Gasteiger partial charge on any atom is -0.466 e. The standard InChI is InChI=1S/C18H25NO2/c1-2-21-18(20)15-12-14-10-6-7-11-16(14)19-17(15)13-8-4-3-5-9-13/h3-5,8-9,14-17,19H,2,6-7,10-12H2,1H3. The van der Waals surface area contributed by atoms with E-state index in [0.717, 1.165) is 6.42 Å². The van der Waals surface area contributed by atoms with Gasteiger partial charge < -0.3 is 10.1 Å². The van der Waals surface area contributed by atoms with Crippen molar-refractivity contribution >= 4 is 5.97 Å². The summed E-state index contributed by atoms with van der Waals surface area (Å²) in [5.74, 6) is 0.544. The average molecular weight is 287 g/mol. The molecular formula is C18H25NO2. The summed E-state index contributed by atoms with van der Waals surface area (Å²) in [6, 6.07) is 11.0. The van der Waals surface area contributed by atoms with E-state index in [2.05, 4.69) is 17.4 Å². The predicted molar refractivity (Wildman–Crippen MR) is 82.8 cm³/mol. The van der Waals surface area contributed by atoms with Gasteiger partial charge in [-0.05, 0) is 37.7 Å². The molecule has 21 heavy (non-hydrogen) atoms. The highest BCUT2D eigenvalue weighted by atomic mass is 16.5. The van der Waals surface area contributed by atoms with Crippen molar-refractivity contribution in [3.63, 3.8) is 0 Å². The second-order valence-corrected chi connectivity index (χ2v) is 6.30. The lowest BCUT2D eigenvalue weighted by atomic mass is 9.72. The van der Waals surface area contributed by atoms with E-state index in [4.69, 9.17) is 4.74 Å². The van der Waals surface area contributed by atoms with E-state index in [1.165, 1.54) is 31.2 Å². The van der Waals surface area contributed by atoms with Gasteiger partial charge in [0.05, 0.1) is 12.5 Å². The number of carbonyl (C=O) groups is 1. The van der Waals surface area contributed by atoms with Gasteiger partial charge in [-0.1, -0.05) is 43.2 Å². The molecule has 1 saturated heterocycles. The monoisotopic (exact) mass is 287 g/mol. The molecule has 0 amide bonds. The highest BCUT2D eigenvalue weighted by Gasteiger charge is 2.42. The number of ether oxygens (including phenoxy) is 1. The van der Waals surface area contributed by atoms with Gasteiger partial charge in [-0.25, -0.2) is 0 Å². The highest BCUT2D eigenvalue weighted by molar-refractivity contribution is 5.74. The van der Waals surface area contributed by atoms with Crippen LogP contribution in [-0.2, 0) is 9.53 Å². The van der Waals surface area contributed by atoms with Gasteiger partial charge in [-0.2, -0.15) is 0 Å². The summed E-state index contributed by atoms with van der Waals surface area (Å²) in [7, 11) is 0. The number of nitrogens with one attached hydrogen (secondary N) is 1. The lowest BCUT2D eigenvalue weighted by Gasteiger charge is -2.44. The number of hydrogen-bond acceptors (Lipinski definition) is 3. The average Bonchev–Trinajstić information content (AvgIpc) is 2.54. The topological polar surface area (TPSA) is 38.3 Å². The summed E-state index contributed by atoms with van der Waals surface area (Å²) in [5, 5.41) is 3.76. The summed E-state index contributed by atoms with van der Waals surface area (Å²) in [4.78, 5) is 12.4. The Kier molecular flexibility index (Phi) is 4.59. The van der Waals surface area contributed by atoms with Gasteiger partial charge in [0.1, 0.15) is 0 Å². The molecule has 1 N–H and O–H groups in total. The van der Waals surface area contributed by atoms with E-state index < -0.39 is 0 Å². The van der Waals surface area contributed by atoms with Gasteiger partial charge >= 0.3 is 5.97 Å². The smallest absolute Gasteiger partial charge is 0.310 e. The maximum Gasteiger partial charge on any atom is 0.310 e. The van der Waals surface area contributed by atoms with Crippen LogP contribution in [0.25, 0.3) is 0 Å². The van der Waals surface area contributed by atoms with Crippen LogP contribution in [0.2, 0.25) is 0 Å². The zero-order valence-electron chi connectivity index (χ0n) is 12.8. The Hall–Kier alpha value is -1.35. The molecule has 114 valence electrons. The second-order valence-electron chi connectivity index (χ2n) is 6.30. The first-order valence-electron chi connectivity index (χ1n) is 8.27. The minimum absolute atomic E-state index is 0.0390. The van der Waals surface area contributed by atoms with E-state index in [0.29, 0.717) is 18.6 Å². The number of hydrogen-bond donors (Lipinski definition) is 1. The molecule has 4 atom stereocenters. The molecule has 2 aliphatic rings. The third kappa shape index (κ3) is 3.13. The molecule has 4 unspecified atom stereocenters. The Morgan fingerprint density at radius 2 is 2.00 bits per heavy atom. The van der Waals surface area contributed by atoms with Crippen LogP contribution >= 0.6 is 0 Å². The summed E-state index contributed by atoms with van der Waals surface area (Å²) in [6.07, 6.45) is 6.06. The fourth-order valence-corrected chi connectivity index (χ4v) is 3.99. The number of carbonyl (C=O) groups excluding carboxylic acids is 1. The van der Waals surface area contributed by atoms with Crippen molar-refractivity contribution in [2.45, 2.75) is 51.1 Å². The second kappa shape index (κ2) is 6.61. The lowest BCUT2D eigenvalue weighted by Crippen LogP contribution is -2.51. The Labute approximate surface area is 127 Å². The molecule has 1 saturated carbocycles. The largest absolute Gasteiger partial charge is 0.466 e. The summed E-state index contributed by atoms with van der Waals surface area (Å²) in [6.45, 7) is 2.35. The molecule has 2 fully saturated rings. The number of piperidine rings is 1. The summed E-state index contributed by atoms with van der Waals surface area (Å²) < 4.78 is 5.33. The van der Waals surface area contributed by atoms with Crippen LogP contribution in [-0.4, -0.2) is 18.6 Å². The van der Waals surface area contributed by atoms with Crippen LogP contribution < -0.4 is 5.32 Å². The number of rotatable bonds is 3. The van der Waals surface area contributed by atoms with Gasteiger partial charge in [0, 0.05) is 12.1 Å². The van der Waals surface area contributed by atoms with E-state index in [1.54, 1.807) is 0 Å². The van der Waals surface area contributed by atoms with E-state index in [-0.39, 0.29) is 17.9 Å². The van der Waals surface area contributed by atoms with Crippen LogP contribution in [0, 0.1) is 11.8 Å². The molecule has 3 heteroatoms. The van der Waals surface area contributed by atoms with Crippen molar-refractivity contribution in [2.24, 2.45) is 11.8 Å². The van der Waals surface area contributed by atoms with Crippen LogP contribution in [0.1, 0.15) is 50.6 Å². The van der Waals surface area contributed by atoms with Gasteiger partial charge in [0.2, 0.25) is 0 Å². The number of benzene rings is 1. The van der Waals surface area contributed by atoms with Gasteiger partial charge in [0.15, 0.2) is 0 Å². The SMILES string of the molecule is CCOC(=O)C1CC2CCCCC2NC1c1ccccc1. The first kappa shape index (κ1) is 14.6. The highest BCUT2D eigenvalue weighted by Crippen LogP contribution is 2.40. The maximum absolute atomic E-state index is 12.4.